The second kappa shape index (κ2) is 7.77. The number of nitrogens with zero attached hydrogens (tertiary/aromatic N) is 1. The van der Waals surface area contributed by atoms with Crippen LogP contribution in [0, 0.1) is 0 Å². The molecule has 136 valence electrons. The van der Waals surface area contributed by atoms with Crippen molar-refractivity contribution < 1.29 is 4.79 Å². The second-order valence-corrected chi connectivity index (χ2v) is 7.01. The number of hydrogen-bond donors (Lipinski definition) is 1. The molecule has 3 aromatic carbocycles. The van der Waals surface area contributed by atoms with Crippen molar-refractivity contribution in [3.05, 3.63) is 102 Å². The molecule has 1 N–H and O–H groups in total. The normalized spacial score (nSPS) is 14.2. The third kappa shape index (κ3) is 3.64. The van der Waals surface area contributed by atoms with Crippen LogP contribution in [0.25, 0.3) is 0 Å². The summed E-state index contributed by atoms with van der Waals surface area (Å²) < 4.78 is 0. The van der Waals surface area contributed by atoms with Crippen LogP contribution in [-0.4, -0.2) is 18.5 Å². The highest BCUT2D eigenvalue weighted by atomic mass is 16.2. The summed E-state index contributed by atoms with van der Waals surface area (Å²) in [4.78, 5) is 15.1. The van der Waals surface area contributed by atoms with Gasteiger partial charge >= 0.3 is 0 Å². The minimum absolute atomic E-state index is 0.0239. The van der Waals surface area contributed by atoms with Gasteiger partial charge in [0.2, 0.25) is 5.91 Å². The van der Waals surface area contributed by atoms with Crippen molar-refractivity contribution in [2.75, 3.05) is 11.4 Å². The summed E-state index contributed by atoms with van der Waals surface area (Å²) in [6, 6.07) is 28.5. The van der Waals surface area contributed by atoms with Crippen molar-refractivity contribution in [3.63, 3.8) is 0 Å². The molecule has 3 heteroatoms. The molecule has 0 fully saturated rings. The summed E-state index contributed by atoms with van der Waals surface area (Å²) in [5.41, 5.74) is 4.61. The zero-order valence-corrected chi connectivity index (χ0v) is 15.5. The van der Waals surface area contributed by atoms with Crippen LogP contribution in [0.2, 0.25) is 0 Å². The van der Waals surface area contributed by atoms with E-state index in [4.69, 9.17) is 0 Å². The number of anilines is 1. The second-order valence-electron chi connectivity index (χ2n) is 7.01. The Labute approximate surface area is 160 Å². The highest BCUT2D eigenvalue weighted by Gasteiger charge is 2.29. The van der Waals surface area contributed by atoms with Gasteiger partial charge in [0, 0.05) is 12.2 Å². The highest BCUT2D eigenvalue weighted by molar-refractivity contribution is 5.98. The molecule has 0 radical (unpaired) electrons. The molecule has 1 atom stereocenters. The maximum Gasteiger partial charge on any atom is 0.243 e. The molecule has 0 spiro atoms. The molecule has 1 aliphatic rings. The third-order valence-corrected chi connectivity index (χ3v) is 5.21. The van der Waals surface area contributed by atoms with Gasteiger partial charge in [-0.3, -0.25) is 10.1 Å². The van der Waals surface area contributed by atoms with Crippen LogP contribution >= 0.6 is 0 Å². The predicted octanol–water partition coefficient (Wildman–Crippen LogP) is 4.34. The van der Waals surface area contributed by atoms with Crippen molar-refractivity contribution in [2.45, 2.75) is 25.4 Å². The minimum atomic E-state index is -0.290. The topological polar surface area (TPSA) is 32.3 Å². The van der Waals surface area contributed by atoms with E-state index in [-0.39, 0.29) is 18.0 Å². The van der Waals surface area contributed by atoms with Crippen LogP contribution in [0.3, 0.4) is 0 Å². The molecule has 1 amide bonds. The van der Waals surface area contributed by atoms with Crippen molar-refractivity contribution in [1.82, 2.24) is 5.32 Å². The monoisotopic (exact) mass is 356 g/mol. The SMILES string of the molecule is C[C@H](NC(c1ccccc1)c1ccccc1)C(=O)N1CCc2ccccc21. The lowest BCUT2D eigenvalue weighted by Crippen LogP contribution is -2.45. The van der Waals surface area contributed by atoms with E-state index in [1.54, 1.807) is 0 Å². The van der Waals surface area contributed by atoms with Crippen LogP contribution < -0.4 is 10.2 Å². The lowest BCUT2D eigenvalue weighted by Gasteiger charge is -2.27. The molecule has 3 aromatic rings. The van der Waals surface area contributed by atoms with Crippen LogP contribution in [0.1, 0.15) is 29.7 Å². The number of carbonyl (C=O) groups excluding carboxylic acids is 1. The van der Waals surface area contributed by atoms with Gasteiger partial charge in [-0.05, 0) is 36.1 Å². The summed E-state index contributed by atoms with van der Waals surface area (Å²) in [5, 5.41) is 3.57. The van der Waals surface area contributed by atoms with E-state index in [2.05, 4.69) is 35.6 Å². The molecule has 0 aromatic heterocycles. The Balaban J connectivity index is 1.57. The van der Waals surface area contributed by atoms with Gasteiger partial charge in [-0.1, -0.05) is 78.9 Å². The van der Waals surface area contributed by atoms with Crippen molar-refractivity contribution in [3.8, 4) is 0 Å². The first-order chi connectivity index (χ1) is 13.2. The third-order valence-electron chi connectivity index (χ3n) is 5.21. The molecular formula is C24H24N2O. The molecule has 1 aliphatic heterocycles. The van der Waals surface area contributed by atoms with Crippen LogP contribution in [0.4, 0.5) is 5.69 Å². The van der Waals surface area contributed by atoms with Crippen LogP contribution in [-0.2, 0) is 11.2 Å². The fourth-order valence-electron chi connectivity index (χ4n) is 3.80. The molecule has 3 nitrogen and oxygen atoms in total. The Bertz CT molecular complexity index is 868. The first-order valence-electron chi connectivity index (χ1n) is 9.49. The molecule has 27 heavy (non-hydrogen) atoms. The Morgan fingerprint density at radius 3 is 2.04 bits per heavy atom. The first kappa shape index (κ1) is 17.5. The van der Waals surface area contributed by atoms with Gasteiger partial charge in [0.15, 0.2) is 0 Å². The van der Waals surface area contributed by atoms with Gasteiger partial charge in [0.1, 0.15) is 0 Å². The van der Waals surface area contributed by atoms with Gasteiger partial charge in [-0.25, -0.2) is 0 Å². The molecule has 0 saturated heterocycles. The Hall–Kier alpha value is -2.91. The maximum absolute atomic E-state index is 13.2. The summed E-state index contributed by atoms with van der Waals surface area (Å²) in [6.45, 7) is 2.72. The lowest BCUT2D eigenvalue weighted by molar-refractivity contribution is -0.120. The molecular weight excluding hydrogens is 332 g/mol. The maximum atomic E-state index is 13.2. The zero-order valence-electron chi connectivity index (χ0n) is 15.5. The van der Waals surface area contributed by atoms with E-state index >= 15 is 0 Å². The lowest BCUT2D eigenvalue weighted by atomic mass is 9.98. The summed E-state index contributed by atoms with van der Waals surface area (Å²) in [5.74, 6) is 0.122. The summed E-state index contributed by atoms with van der Waals surface area (Å²) in [6.07, 6.45) is 0.926. The van der Waals surface area contributed by atoms with E-state index in [0.29, 0.717) is 0 Å². The molecule has 0 saturated carbocycles. The van der Waals surface area contributed by atoms with Gasteiger partial charge in [0.05, 0.1) is 12.1 Å². The predicted molar refractivity (Wildman–Crippen MR) is 110 cm³/mol. The average Bonchev–Trinajstić information content (AvgIpc) is 3.16. The summed E-state index contributed by atoms with van der Waals surface area (Å²) >= 11 is 0. The van der Waals surface area contributed by atoms with Gasteiger partial charge in [-0.2, -0.15) is 0 Å². The number of fused-ring (bicyclic) bond motifs is 1. The minimum Gasteiger partial charge on any atom is -0.310 e. The van der Waals surface area contributed by atoms with Crippen LogP contribution in [0.15, 0.2) is 84.9 Å². The standard InChI is InChI=1S/C24H24N2O/c1-18(24(27)26-17-16-19-10-8-9-15-22(19)26)25-23(20-11-4-2-5-12-20)21-13-6-3-7-14-21/h2-15,18,23,25H,16-17H2,1H3/t18-/m0/s1. The van der Waals surface area contributed by atoms with Gasteiger partial charge in [0.25, 0.3) is 0 Å². The van der Waals surface area contributed by atoms with E-state index in [0.717, 1.165) is 29.8 Å². The van der Waals surface area contributed by atoms with E-state index < -0.39 is 0 Å². The Morgan fingerprint density at radius 1 is 0.852 bits per heavy atom. The number of carbonyl (C=O) groups is 1. The van der Waals surface area contributed by atoms with E-state index in [1.165, 1.54) is 5.56 Å². The van der Waals surface area contributed by atoms with Crippen molar-refractivity contribution in [1.29, 1.82) is 0 Å². The van der Waals surface area contributed by atoms with Gasteiger partial charge in [-0.15, -0.1) is 0 Å². The Morgan fingerprint density at radius 2 is 1.41 bits per heavy atom. The van der Waals surface area contributed by atoms with Crippen molar-refractivity contribution >= 4 is 11.6 Å². The number of rotatable bonds is 5. The molecule has 1 heterocycles. The van der Waals surface area contributed by atoms with Crippen LogP contribution in [0.5, 0.6) is 0 Å². The number of para-hydroxylation sites is 1. The number of amides is 1. The smallest absolute Gasteiger partial charge is 0.243 e. The average molecular weight is 356 g/mol. The zero-order chi connectivity index (χ0) is 18.6. The van der Waals surface area contributed by atoms with E-state index in [9.17, 15) is 4.79 Å². The fraction of sp³-hybridized carbons (Fsp3) is 0.208. The molecule has 0 unspecified atom stereocenters. The molecule has 0 bridgehead atoms. The van der Waals surface area contributed by atoms with E-state index in [1.807, 2.05) is 66.4 Å². The first-order valence-corrected chi connectivity index (χ1v) is 9.49. The fourth-order valence-corrected chi connectivity index (χ4v) is 3.80. The van der Waals surface area contributed by atoms with Crippen molar-refractivity contribution in [2.24, 2.45) is 0 Å². The quantitative estimate of drug-likeness (QED) is 0.737. The molecule has 4 rings (SSSR count). The largest absolute Gasteiger partial charge is 0.310 e. The number of benzene rings is 3. The number of nitrogens with one attached hydrogen (secondary N) is 1. The Kier molecular flexibility index (Phi) is 5.03. The molecule has 0 aliphatic carbocycles. The summed E-state index contributed by atoms with van der Waals surface area (Å²) in [7, 11) is 0. The van der Waals surface area contributed by atoms with Gasteiger partial charge < -0.3 is 4.90 Å². The highest BCUT2D eigenvalue weighted by Crippen LogP contribution is 2.29. The number of hydrogen-bond acceptors (Lipinski definition) is 2.